The third-order valence-corrected chi connectivity index (χ3v) is 6.60. The highest BCUT2D eigenvalue weighted by Crippen LogP contribution is 2.20. The van der Waals surface area contributed by atoms with Crippen molar-refractivity contribution in [3.05, 3.63) is 65.0 Å². The van der Waals surface area contributed by atoms with Gasteiger partial charge in [-0.1, -0.05) is 12.1 Å². The van der Waals surface area contributed by atoms with Gasteiger partial charge in [-0.25, -0.2) is 17.5 Å². The summed E-state index contributed by atoms with van der Waals surface area (Å²) in [6.45, 7) is 4.89. The number of carbonyl (C=O) groups excluding carboxylic acids is 1. The van der Waals surface area contributed by atoms with Crippen LogP contribution in [0.25, 0.3) is 0 Å². The average molecular weight is 390 g/mol. The Morgan fingerprint density at radius 3 is 2.33 bits per heavy atom. The predicted octanol–water partition coefficient (Wildman–Crippen LogP) is 3.03. The van der Waals surface area contributed by atoms with Crippen LogP contribution in [0.3, 0.4) is 0 Å². The third kappa shape index (κ3) is 4.36. The monoisotopic (exact) mass is 390 g/mol. The molecule has 1 N–H and O–H groups in total. The van der Waals surface area contributed by atoms with Crippen molar-refractivity contribution in [1.82, 2.24) is 9.62 Å². The number of nitrogens with zero attached hydrogens (tertiary/aromatic N) is 1. The lowest BCUT2D eigenvalue weighted by atomic mass is 10.0. The van der Waals surface area contributed by atoms with E-state index in [1.54, 1.807) is 4.90 Å². The van der Waals surface area contributed by atoms with Crippen molar-refractivity contribution in [3.8, 4) is 0 Å². The van der Waals surface area contributed by atoms with Gasteiger partial charge in [0.25, 0.3) is 5.91 Å². The first-order chi connectivity index (χ1) is 12.8. The number of aryl methyl sites for hydroxylation is 1. The highest BCUT2D eigenvalue weighted by molar-refractivity contribution is 7.89. The van der Waals surface area contributed by atoms with Crippen molar-refractivity contribution in [2.45, 2.75) is 37.6 Å². The van der Waals surface area contributed by atoms with Gasteiger partial charge in [-0.15, -0.1) is 0 Å². The van der Waals surface area contributed by atoms with E-state index in [4.69, 9.17) is 0 Å². The van der Waals surface area contributed by atoms with Gasteiger partial charge >= 0.3 is 0 Å². The Bertz CT molecular complexity index is 934. The summed E-state index contributed by atoms with van der Waals surface area (Å²) >= 11 is 0. The third-order valence-electron chi connectivity index (χ3n) is 5.06. The van der Waals surface area contributed by atoms with Gasteiger partial charge < -0.3 is 4.90 Å². The quantitative estimate of drug-likeness (QED) is 0.873. The van der Waals surface area contributed by atoms with Crippen LogP contribution >= 0.6 is 0 Å². The Morgan fingerprint density at radius 2 is 1.70 bits per heavy atom. The maximum atomic E-state index is 13.0. The van der Waals surface area contributed by atoms with Crippen LogP contribution in [0.15, 0.2) is 47.4 Å². The predicted molar refractivity (Wildman–Crippen MR) is 102 cm³/mol. The second-order valence-electron chi connectivity index (χ2n) is 6.89. The number of amides is 1. The van der Waals surface area contributed by atoms with E-state index in [1.807, 2.05) is 32.0 Å². The molecule has 1 amide bonds. The lowest BCUT2D eigenvalue weighted by molar-refractivity contribution is 0.0710. The molecule has 7 heteroatoms. The molecule has 1 aliphatic heterocycles. The summed E-state index contributed by atoms with van der Waals surface area (Å²) in [5, 5.41) is 0. The second kappa shape index (κ2) is 7.78. The van der Waals surface area contributed by atoms with E-state index in [-0.39, 0.29) is 16.8 Å². The Labute approximate surface area is 159 Å². The number of sulfonamides is 1. The molecule has 1 aliphatic rings. The fourth-order valence-corrected chi connectivity index (χ4v) is 4.56. The van der Waals surface area contributed by atoms with Gasteiger partial charge in [-0.2, -0.15) is 0 Å². The van der Waals surface area contributed by atoms with E-state index < -0.39 is 15.8 Å². The summed E-state index contributed by atoms with van der Waals surface area (Å²) < 4.78 is 40.5. The first-order valence-corrected chi connectivity index (χ1v) is 10.4. The number of nitrogens with one attached hydrogen (secondary N) is 1. The summed E-state index contributed by atoms with van der Waals surface area (Å²) in [6.07, 6.45) is 1.08. The molecule has 0 aliphatic carbocycles. The Hall–Kier alpha value is -2.25. The van der Waals surface area contributed by atoms with E-state index in [1.165, 1.54) is 12.1 Å². The van der Waals surface area contributed by atoms with Gasteiger partial charge in [0, 0.05) is 24.7 Å². The fourth-order valence-electron chi connectivity index (χ4n) is 3.25. The maximum absolute atomic E-state index is 13.0. The summed E-state index contributed by atoms with van der Waals surface area (Å²) in [4.78, 5) is 14.6. The largest absolute Gasteiger partial charge is 0.339 e. The van der Waals surface area contributed by atoms with E-state index >= 15 is 0 Å². The SMILES string of the molecule is Cc1cccc(C(=O)N2CCC(NS(=O)(=O)c3ccc(F)cc3)CC2)c1C. The Morgan fingerprint density at radius 1 is 1.07 bits per heavy atom. The Kier molecular flexibility index (Phi) is 5.62. The van der Waals surface area contributed by atoms with Crippen molar-refractivity contribution in [1.29, 1.82) is 0 Å². The topological polar surface area (TPSA) is 66.5 Å². The van der Waals surface area contributed by atoms with Gasteiger partial charge in [0.2, 0.25) is 10.0 Å². The molecular formula is C20H23FN2O3S. The molecule has 2 aromatic carbocycles. The number of rotatable bonds is 4. The molecule has 0 atom stereocenters. The van der Waals surface area contributed by atoms with Crippen LogP contribution in [0.1, 0.15) is 34.3 Å². The first-order valence-electron chi connectivity index (χ1n) is 8.91. The number of hydrogen-bond donors (Lipinski definition) is 1. The van der Waals surface area contributed by atoms with Crippen LogP contribution < -0.4 is 4.72 Å². The molecule has 1 saturated heterocycles. The first kappa shape index (κ1) is 19.5. The van der Waals surface area contributed by atoms with E-state index in [0.717, 1.165) is 23.3 Å². The minimum atomic E-state index is -3.70. The molecular weight excluding hydrogens is 367 g/mol. The van der Waals surface area contributed by atoms with E-state index in [9.17, 15) is 17.6 Å². The van der Waals surface area contributed by atoms with Crippen LogP contribution in [0, 0.1) is 19.7 Å². The van der Waals surface area contributed by atoms with Crippen molar-refractivity contribution in [2.75, 3.05) is 13.1 Å². The highest BCUT2D eigenvalue weighted by atomic mass is 32.2. The van der Waals surface area contributed by atoms with Crippen LogP contribution in [-0.4, -0.2) is 38.4 Å². The summed E-state index contributed by atoms with van der Waals surface area (Å²) in [6, 6.07) is 10.2. The zero-order valence-corrected chi connectivity index (χ0v) is 16.2. The number of hydrogen-bond acceptors (Lipinski definition) is 3. The van der Waals surface area contributed by atoms with Crippen LogP contribution in [-0.2, 0) is 10.0 Å². The van der Waals surface area contributed by atoms with Crippen molar-refractivity contribution < 1.29 is 17.6 Å². The van der Waals surface area contributed by atoms with Crippen LogP contribution in [0.4, 0.5) is 4.39 Å². The number of halogens is 1. The summed E-state index contributed by atoms with van der Waals surface area (Å²) in [5.74, 6) is -0.497. The molecule has 0 spiro atoms. The van der Waals surface area contributed by atoms with Gasteiger partial charge in [-0.05, 0) is 68.1 Å². The number of piperidine rings is 1. The van der Waals surface area contributed by atoms with Gasteiger partial charge in [0.15, 0.2) is 0 Å². The number of carbonyl (C=O) groups is 1. The normalized spacial score (nSPS) is 15.7. The number of likely N-dealkylation sites (tertiary alicyclic amines) is 1. The molecule has 0 bridgehead atoms. The second-order valence-corrected chi connectivity index (χ2v) is 8.60. The van der Waals surface area contributed by atoms with E-state index in [0.29, 0.717) is 31.5 Å². The molecule has 1 heterocycles. The molecule has 0 radical (unpaired) electrons. The van der Waals surface area contributed by atoms with Crippen LogP contribution in [0.5, 0.6) is 0 Å². The standard InChI is InChI=1S/C20H23FN2O3S/c1-14-4-3-5-19(15(14)2)20(24)23-12-10-17(11-13-23)22-27(25,26)18-8-6-16(21)7-9-18/h3-9,17,22H,10-13H2,1-2H3. The zero-order chi connectivity index (χ0) is 19.6. The maximum Gasteiger partial charge on any atom is 0.254 e. The summed E-state index contributed by atoms with van der Waals surface area (Å²) in [5.41, 5.74) is 2.74. The molecule has 2 aromatic rings. The molecule has 0 saturated carbocycles. The highest BCUT2D eigenvalue weighted by Gasteiger charge is 2.27. The zero-order valence-electron chi connectivity index (χ0n) is 15.4. The van der Waals surface area contributed by atoms with Gasteiger partial charge in [0.1, 0.15) is 5.82 Å². The molecule has 1 fully saturated rings. The van der Waals surface area contributed by atoms with Crippen molar-refractivity contribution >= 4 is 15.9 Å². The fraction of sp³-hybridized carbons (Fsp3) is 0.350. The van der Waals surface area contributed by atoms with Gasteiger partial charge in [0.05, 0.1) is 4.90 Å². The lowest BCUT2D eigenvalue weighted by Crippen LogP contribution is -2.46. The smallest absolute Gasteiger partial charge is 0.254 e. The van der Waals surface area contributed by atoms with E-state index in [2.05, 4.69) is 4.72 Å². The summed E-state index contributed by atoms with van der Waals surface area (Å²) in [7, 11) is -3.70. The average Bonchev–Trinajstić information content (AvgIpc) is 2.64. The minimum absolute atomic E-state index is 0.0176. The molecule has 3 rings (SSSR count). The van der Waals surface area contributed by atoms with Crippen molar-refractivity contribution in [3.63, 3.8) is 0 Å². The molecule has 5 nitrogen and oxygen atoms in total. The molecule has 0 unspecified atom stereocenters. The Balaban J connectivity index is 1.62. The minimum Gasteiger partial charge on any atom is -0.339 e. The van der Waals surface area contributed by atoms with Crippen LogP contribution in [0.2, 0.25) is 0 Å². The molecule has 27 heavy (non-hydrogen) atoms. The van der Waals surface area contributed by atoms with Crippen molar-refractivity contribution in [2.24, 2.45) is 0 Å². The molecule has 0 aromatic heterocycles. The molecule has 144 valence electrons. The number of benzene rings is 2. The van der Waals surface area contributed by atoms with Gasteiger partial charge in [-0.3, -0.25) is 4.79 Å². The lowest BCUT2D eigenvalue weighted by Gasteiger charge is -2.32.